The fraction of sp³-hybridized carbons (Fsp3) is 0.357. The van der Waals surface area contributed by atoms with Crippen LogP contribution in [0.3, 0.4) is 0 Å². The van der Waals surface area contributed by atoms with E-state index in [1.807, 2.05) is 13.0 Å². The van der Waals surface area contributed by atoms with Gasteiger partial charge in [0.05, 0.1) is 18.2 Å². The minimum absolute atomic E-state index is 0.0408. The van der Waals surface area contributed by atoms with Gasteiger partial charge in [0, 0.05) is 26.2 Å². The average Bonchev–Trinajstić information content (AvgIpc) is 2.43. The van der Waals surface area contributed by atoms with Crippen LogP contribution < -0.4 is 0 Å². The van der Waals surface area contributed by atoms with Crippen LogP contribution in [0.25, 0.3) is 0 Å². The van der Waals surface area contributed by atoms with Crippen molar-refractivity contribution < 1.29 is 9.59 Å². The zero-order valence-electron chi connectivity index (χ0n) is 11.4. The molecule has 2 amide bonds. The number of amides is 2. The molecule has 0 atom stereocenters. The van der Waals surface area contributed by atoms with E-state index in [1.165, 1.54) is 15.9 Å². The zero-order valence-corrected chi connectivity index (χ0v) is 11.4. The Morgan fingerprint density at radius 2 is 2.00 bits per heavy atom. The summed E-state index contributed by atoms with van der Waals surface area (Å²) in [7, 11) is 3.30. The topological polar surface area (TPSA) is 64.4 Å². The summed E-state index contributed by atoms with van der Waals surface area (Å²) in [5.74, 6) is -0.374. The van der Waals surface area contributed by atoms with Gasteiger partial charge in [-0.05, 0) is 25.1 Å². The van der Waals surface area contributed by atoms with Crippen LogP contribution in [0.2, 0.25) is 0 Å². The molecule has 1 aromatic carbocycles. The van der Waals surface area contributed by atoms with E-state index in [9.17, 15) is 9.59 Å². The highest BCUT2D eigenvalue weighted by molar-refractivity contribution is 5.96. The van der Waals surface area contributed by atoms with Gasteiger partial charge in [-0.1, -0.05) is 6.07 Å². The molecular weight excluding hydrogens is 242 g/mol. The van der Waals surface area contributed by atoms with Crippen molar-refractivity contribution in [3.8, 4) is 6.07 Å². The summed E-state index contributed by atoms with van der Waals surface area (Å²) < 4.78 is 0. The third-order valence-corrected chi connectivity index (χ3v) is 2.73. The van der Waals surface area contributed by atoms with E-state index in [1.54, 1.807) is 32.3 Å². The lowest BCUT2D eigenvalue weighted by Gasteiger charge is -2.22. The maximum absolute atomic E-state index is 12.2. The maximum atomic E-state index is 12.2. The van der Waals surface area contributed by atoms with Crippen LogP contribution in [0.15, 0.2) is 24.3 Å². The Morgan fingerprint density at radius 1 is 1.32 bits per heavy atom. The molecule has 0 aliphatic heterocycles. The molecule has 100 valence electrons. The molecule has 0 fully saturated rings. The maximum Gasteiger partial charge on any atom is 0.254 e. The molecule has 0 saturated carbocycles. The van der Waals surface area contributed by atoms with Gasteiger partial charge in [0.1, 0.15) is 0 Å². The predicted octanol–water partition coefficient (Wildman–Crippen LogP) is 1.11. The molecule has 0 aromatic heterocycles. The first-order chi connectivity index (χ1) is 8.99. The lowest BCUT2D eigenvalue weighted by Crippen LogP contribution is -2.40. The first-order valence-corrected chi connectivity index (χ1v) is 5.99. The summed E-state index contributed by atoms with van der Waals surface area (Å²) in [6.07, 6.45) is 0. The summed E-state index contributed by atoms with van der Waals surface area (Å²) in [6, 6.07) is 8.47. The monoisotopic (exact) mass is 259 g/mol. The van der Waals surface area contributed by atoms with Gasteiger partial charge in [0.15, 0.2) is 0 Å². The van der Waals surface area contributed by atoms with Gasteiger partial charge in [-0.3, -0.25) is 9.59 Å². The Bertz CT molecular complexity index is 518. The number of carbonyl (C=O) groups is 2. The quantitative estimate of drug-likeness (QED) is 0.813. The van der Waals surface area contributed by atoms with E-state index in [0.717, 1.165) is 0 Å². The lowest BCUT2D eigenvalue weighted by atomic mass is 10.1. The molecule has 0 unspecified atom stereocenters. The molecule has 0 radical (unpaired) electrons. The van der Waals surface area contributed by atoms with E-state index < -0.39 is 0 Å². The fourth-order valence-corrected chi connectivity index (χ4v) is 1.54. The van der Waals surface area contributed by atoms with E-state index in [2.05, 4.69) is 0 Å². The van der Waals surface area contributed by atoms with Crippen LogP contribution in [-0.4, -0.2) is 48.8 Å². The fourth-order valence-electron chi connectivity index (χ4n) is 1.54. The van der Waals surface area contributed by atoms with Crippen LogP contribution >= 0.6 is 0 Å². The molecule has 0 aliphatic rings. The smallest absolute Gasteiger partial charge is 0.254 e. The van der Waals surface area contributed by atoms with Gasteiger partial charge in [0.2, 0.25) is 5.91 Å². The Balaban J connectivity index is 2.89. The number of benzene rings is 1. The van der Waals surface area contributed by atoms with Crippen LogP contribution in [0.1, 0.15) is 22.8 Å². The molecule has 5 nitrogen and oxygen atoms in total. The average molecular weight is 259 g/mol. The van der Waals surface area contributed by atoms with E-state index in [-0.39, 0.29) is 18.4 Å². The molecule has 5 heteroatoms. The van der Waals surface area contributed by atoms with Gasteiger partial charge < -0.3 is 9.80 Å². The zero-order chi connectivity index (χ0) is 14.4. The molecule has 0 spiro atoms. The summed E-state index contributed by atoms with van der Waals surface area (Å²) in [6.45, 7) is 2.29. The van der Waals surface area contributed by atoms with Crippen molar-refractivity contribution in [3.05, 3.63) is 35.4 Å². The molecule has 1 aromatic rings. The van der Waals surface area contributed by atoms with Gasteiger partial charge in [0.25, 0.3) is 5.91 Å². The molecule has 1 rings (SSSR count). The Kier molecular flexibility index (Phi) is 5.07. The van der Waals surface area contributed by atoms with Crippen molar-refractivity contribution in [2.24, 2.45) is 0 Å². The van der Waals surface area contributed by atoms with Crippen molar-refractivity contribution in [1.82, 2.24) is 9.80 Å². The lowest BCUT2D eigenvalue weighted by molar-refractivity contribution is -0.129. The Labute approximate surface area is 113 Å². The summed E-state index contributed by atoms with van der Waals surface area (Å²) in [5.41, 5.74) is 0.855. The largest absolute Gasteiger partial charge is 0.347 e. The minimum atomic E-state index is -0.241. The molecule has 0 saturated heterocycles. The third kappa shape index (κ3) is 3.81. The minimum Gasteiger partial charge on any atom is -0.347 e. The van der Waals surface area contributed by atoms with Crippen LogP contribution in [0.5, 0.6) is 0 Å². The number of nitrogens with zero attached hydrogens (tertiary/aromatic N) is 3. The van der Waals surface area contributed by atoms with E-state index >= 15 is 0 Å². The molecular formula is C14H17N3O2. The van der Waals surface area contributed by atoms with Crippen LogP contribution in [0, 0.1) is 11.3 Å². The van der Waals surface area contributed by atoms with Crippen molar-refractivity contribution >= 4 is 11.8 Å². The van der Waals surface area contributed by atoms with E-state index in [4.69, 9.17) is 5.26 Å². The summed E-state index contributed by atoms with van der Waals surface area (Å²) in [5, 5.41) is 8.82. The van der Waals surface area contributed by atoms with Gasteiger partial charge in [-0.15, -0.1) is 0 Å². The molecule has 0 aliphatic carbocycles. The second-order valence-corrected chi connectivity index (χ2v) is 4.30. The second kappa shape index (κ2) is 6.55. The van der Waals surface area contributed by atoms with Crippen molar-refractivity contribution in [1.29, 1.82) is 5.26 Å². The molecule has 19 heavy (non-hydrogen) atoms. The highest BCUT2D eigenvalue weighted by Gasteiger charge is 2.18. The number of hydrogen-bond acceptors (Lipinski definition) is 3. The standard InChI is InChI=1S/C14H17N3O2/c1-4-17(10-13(18)16(2)3)14(19)12-7-5-6-11(8-12)9-15/h5-8H,4,10H2,1-3H3. The molecule has 0 bridgehead atoms. The third-order valence-electron chi connectivity index (χ3n) is 2.73. The van der Waals surface area contributed by atoms with Gasteiger partial charge in [-0.25, -0.2) is 0 Å². The van der Waals surface area contributed by atoms with Crippen LogP contribution in [-0.2, 0) is 4.79 Å². The van der Waals surface area contributed by atoms with Crippen molar-refractivity contribution in [2.45, 2.75) is 6.92 Å². The highest BCUT2D eigenvalue weighted by atomic mass is 16.2. The molecule has 0 heterocycles. The van der Waals surface area contributed by atoms with Crippen molar-refractivity contribution in [2.75, 3.05) is 27.2 Å². The summed E-state index contributed by atoms with van der Waals surface area (Å²) >= 11 is 0. The number of carbonyl (C=O) groups excluding carboxylic acids is 2. The number of likely N-dealkylation sites (N-methyl/N-ethyl adjacent to an activating group) is 2. The highest BCUT2D eigenvalue weighted by Crippen LogP contribution is 2.08. The van der Waals surface area contributed by atoms with Gasteiger partial charge >= 0.3 is 0 Å². The second-order valence-electron chi connectivity index (χ2n) is 4.30. The Morgan fingerprint density at radius 3 is 2.53 bits per heavy atom. The number of hydrogen-bond donors (Lipinski definition) is 0. The predicted molar refractivity (Wildman–Crippen MR) is 71.4 cm³/mol. The first kappa shape index (κ1) is 14.7. The van der Waals surface area contributed by atoms with E-state index in [0.29, 0.717) is 17.7 Å². The molecule has 0 N–H and O–H groups in total. The summed E-state index contributed by atoms with van der Waals surface area (Å²) in [4.78, 5) is 26.8. The van der Waals surface area contributed by atoms with Crippen LogP contribution in [0.4, 0.5) is 0 Å². The number of rotatable bonds is 4. The van der Waals surface area contributed by atoms with Crippen molar-refractivity contribution in [3.63, 3.8) is 0 Å². The van der Waals surface area contributed by atoms with Gasteiger partial charge in [-0.2, -0.15) is 5.26 Å². The number of nitriles is 1. The normalized spacial score (nSPS) is 9.58. The SMILES string of the molecule is CCN(CC(=O)N(C)C)C(=O)c1cccc(C#N)c1. The first-order valence-electron chi connectivity index (χ1n) is 5.99. The Hall–Kier alpha value is -2.35.